The number of oxazole rings is 1. The molecule has 1 aliphatic heterocycles. The van der Waals surface area contributed by atoms with Gasteiger partial charge in [0.15, 0.2) is 0 Å². The van der Waals surface area contributed by atoms with Crippen molar-refractivity contribution in [1.82, 2.24) is 9.88 Å². The number of nitrogens with one attached hydrogen (secondary N) is 1. The molecule has 0 bridgehead atoms. The third kappa shape index (κ3) is 3.07. The molecular formula is C20H19N3O3. The molecule has 0 saturated heterocycles. The number of carbonyl (C=O) groups is 1. The molecule has 3 aromatic rings. The van der Waals surface area contributed by atoms with Crippen LogP contribution >= 0.6 is 0 Å². The second-order valence-electron chi connectivity index (χ2n) is 6.36. The standard InChI is InChI=1S/C20H19N3O3/c1-13-2-4-14(5-3-13)15-6-7-18-17(8-15)20(25)23(12-21-18)9-19-22-16(10-24)11-26-19/h2-8,11,21,24H,9-10,12H2,1H3. The van der Waals surface area contributed by atoms with E-state index in [0.29, 0.717) is 23.8 Å². The van der Waals surface area contributed by atoms with Gasteiger partial charge in [-0.25, -0.2) is 4.98 Å². The Labute approximate surface area is 151 Å². The Balaban J connectivity index is 1.60. The van der Waals surface area contributed by atoms with E-state index >= 15 is 0 Å². The summed E-state index contributed by atoms with van der Waals surface area (Å²) in [4.78, 5) is 18.7. The lowest BCUT2D eigenvalue weighted by atomic mass is 9.99. The van der Waals surface area contributed by atoms with Gasteiger partial charge in [-0.05, 0) is 30.2 Å². The average Bonchev–Trinajstić information content (AvgIpc) is 3.12. The van der Waals surface area contributed by atoms with Crippen LogP contribution in [0.1, 0.15) is 27.5 Å². The number of anilines is 1. The number of aliphatic hydroxyl groups is 1. The Bertz CT molecular complexity index is 947. The fraction of sp³-hybridized carbons (Fsp3) is 0.200. The van der Waals surface area contributed by atoms with E-state index in [1.54, 1.807) is 4.90 Å². The van der Waals surface area contributed by atoms with Gasteiger partial charge in [-0.1, -0.05) is 35.9 Å². The number of aliphatic hydroxyl groups excluding tert-OH is 1. The van der Waals surface area contributed by atoms with Gasteiger partial charge in [0.05, 0.1) is 25.4 Å². The summed E-state index contributed by atoms with van der Waals surface area (Å²) < 4.78 is 5.31. The van der Waals surface area contributed by atoms with Gasteiger partial charge in [-0.2, -0.15) is 0 Å². The molecule has 0 atom stereocenters. The molecular weight excluding hydrogens is 330 g/mol. The van der Waals surface area contributed by atoms with Crippen molar-refractivity contribution in [3.63, 3.8) is 0 Å². The smallest absolute Gasteiger partial charge is 0.257 e. The van der Waals surface area contributed by atoms with Crippen LogP contribution in [0, 0.1) is 6.92 Å². The Morgan fingerprint density at radius 2 is 1.96 bits per heavy atom. The molecule has 0 radical (unpaired) electrons. The molecule has 0 spiro atoms. The van der Waals surface area contributed by atoms with E-state index in [4.69, 9.17) is 9.52 Å². The van der Waals surface area contributed by atoms with E-state index in [0.717, 1.165) is 16.8 Å². The van der Waals surface area contributed by atoms with Gasteiger partial charge < -0.3 is 19.7 Å². The number of hydrogen-bond acceptors (Lipinski definition) is 5. The first-order chi connectivity index (χ1) is 12.6. The lowest BCUT2D eigenvalue weighted by molar-refractivity contribution is 0.0732. The Hall–Kier alpha value is -3.12. The molecule has 1 aromatic heterocycles. The minimum absolute atomic E-state index is 0.0727. The second-order valence-corrected chi connectivity index (χ2v) is 6.36. The molecule has 1 amide bonds. The number of nitrogens with zero attached hydrogens (tertiary/aromatic N) is 2. The van der Waals surface area contributed by atoms with Gasteiger partial charge in [0.25, 0.3) is 5.91 Å². The summed E-state index contributed by atoms with van der Waals surface area (Å²) in [5.74, 6) is 0.332. The molecule has 6 heteroatoms. The van der Waals surface area contributed by atoms with Gasteiger partial charge >= 0.3 is 0 Å². The van der Waals surface area contributed by atoms with E-state index in [1.807, 2.05) is 25.1 Å². The van der Waals surface area contributed by atoms with Crippen LogP contribution in [0.2, 0.25) is 0 Å². The monoisotopic (exact) mass is 349 g/mol. The van der Waals surface area contributed by atoms with Gasteiger partial charge in [0.1, 0.15) is 12.0 Å². The molecule has 0 aliphatic carbocycles. The molecule has 2 N–H and O–H groups in total. The topological polar surface area (TPSA) is 78.6 Å². The van der Waals surface area contributed by atoms with Gasteiger partial charge in [0.2, 0.25) is 5.89 Å². The SMILES string of the molecule is Cc1ccc(-c2ccc3c(c2)C(=O)N(Cc2nc(CO)co2)CN3)cc1. The van der Waals surface area contributed by atoms with Crippen molar-refractivity contribution in [2.24, 2.45) is 0 Å². The minimum atomic E-state index is -0.182. The van der Waals surface area contributed by atoms with Gasteiger partial charge in [-0.3, -0.25) is 4.79 Å². The molecule has 6 nitrogen and oxygen atoms in total. The fourth-order valence-corrected chi connectivity index (χ4v) is 3.01. The van der Waals surface area contributed by atoms with Gasteiger partial charge in [0, 0.05) is 5.69 Å². The van der Waals surface area contributed by atoms with Crippen molar-refractivity contribution in [2.75, 3.05) is 12.0 Å². The zero-order valence-corrected chi connectivity index (χ0v) is 14.4. The van der Waals surface area contributed by atoms with Crippen LogP contribution in [0.5, 0.6) is 0 Å². The maximum Gasteiger partial charge on any atom is 0.257 e. The normalized spacial score (nSPS) is 13.5. The highest BCUT2D eigenvalue weighted by Gasteiger charge is 2.25. The Morgan fingerprint density at radius 1 is 1.19 bits per heavy atom. The zero-order chi connectivity index (χ0) is 18.1. The van der Waals surface area contributed by atoms with Crippen molar-refractivity contribution in [3.8, 4) is 11.1 Å². The van der Waals surface area contributed by atoms with E-state index in [1.165, 1.54) is 11.8 Å². The predicted molar refractivity (Wildman–Crippen MR) is 97.4 cm³/mol. The van der Waals surface area contributed by atoms with Crippen molar-refractivity contribution in [3.05, 3.63) is 71.4 Å². The highest BCUT2D eigenvalue weighted by atomic mass is 16.3. The highest BCUT2D eigenvalue weighted by Crippen LogP contribution is 2.29. The summed E-state index contributed by atoms with van der Waals surface area (Å²) in [5, 5.41) is 12.3. The Morgan fingerprint density at radius 3 is 2.69 bits per heavy atom. The maximum atomic E-state index is 12.9. The maximum absolute atomic E-state index is 12.9. The van der Waals surface area contributed by atoms with Crippen LogP contribution in [0.4, 0.5) is 5.69 Å². The number of carbonyl (C=O) groups excluding carboxylic acids is 1. The minimum Gasteiger partial charge on any atom is -0.447 e. The summed E-state index contributed by atoms with van der Waals surface area (Å²) in [5.41, 5.74) is 5.18. The fourth-order valence-electron chi connectivity index (χ4n) is 3.01. The number of amides is 1. The molecule has 4 rings (SSSR count). The van der Waals surface area contributed by atoms with Gasteiger partial charge in [-0.15, -0.1) is 0 Å². The summed E-state index contributed by atoms with van der Waals surface area (Å²) in [6.45, 7) is 2.50. The summed E-state index contributed by atoms with van der Waals surface area (Å²) in [7, 11) is 0. The van der Waals surface area contributed by atoms with E-state index < -0.39 is 0 Å². The average molecular weight is 349 g/mol. The number of aryl methyl sites for hydroxylation is 1. The van der Waals surface area contributed by atoms with Crippen LogP contribution in [0.3, 0.4) is 0 Å². The van der Waals surface area contributed by atoms with Crippen LogP contribution < -0.4 is 5.32 Å². The van der Waals surface area contributed by atoms with Crippen LogP contribution in [0.15, 0.2) is 53.1 Å². The second kappa shape index (κ2) is 6.65. The Kier molecular flexibility index (Phi) is 4.18. The largest absolute Gasteiger partial charge is 0.447 e. The third-order valence-electron chi connectivity index (χ3n) is 4.47. The third-order valence-corrected chi connectivity index (χ3v) is 4.47. The van der Waals surface area contributed by atoms with Crippen LogP contribution in [0.25, 0.3) is 11.1 Å². The molecule has 0 saturated carbocycles. The number of benzene rings is 2. The molecule has 0 fully saturated rings. The van der Waals surface area contributed by atoms with Crippen molar-refractivity contribution in [1.29, 1.82) is 0 Å². The molecule has 1 aliphatic rings. The summed E-state index contributed by atoms with van der Waals surface area (Å²) >= 11 is 0. The van der Waals surface area contributed by atoms with Crippen LogP contribution in [-0.4, -0.2) is 27.6 Å². The first-order valence-corrected chi connectivity index (χ1v) is 8.42. The quantitative estimate of drug-likeness (QED) is 0.756. The first-order valence-electron chi connectivity index (χ1n) is 8.42. The number of aromatic nitrogens is 1. The first kappa shape index (κ1) is 16.4. The highest BCUT2D eigenvalue weighted by molar-refractivity contribution is 6.02. The predicted octanol–water partition coefficient (Wildman–Crippen LogP) is 3.17. The number of fused-ring (bicyclic) bond motifs is 1. The van der Waals surface area contributed by atoms with E-state index in [-0.39, 0.29) is 19.1 Å². The molecule has 2 aromatic carbocycles. The molecule has 2 heterocycles. The molecule has 132 valence electrons. The molecule has 26 heavy (non-hydrogen) atoms. The zero-order valence-electron chi connectivity index (χ0n) is 14.4. The van der Waals surface area contributed by atoms with Crippen molar-refractivity contribution >= 4 is 11.6 Å². The molecule has 0 unspecified atom stereocenters. The van der Waals surface area contributed by atoms with Crippen molar-refractivity contribution < 1.29 is 14.3 Å². The van der Waals surface area contributed by atoms with Crippen LogP contribution in [-0.2, 0) is 13.2 Å². The summed E-state index contributed by atoms with van der Waals surface area (Å²) in [6.07, 6.45) is 1.40. The van der Waals surface area contributed by atoms with Crippen molar-refractivity contribution in [2.45, 2.75) is 20.1 Å². The lowest BCUT2D eigenvalue weighted by Gasteiger charge is -2.29. The summed E-state index contributed by atoms with van der Waals surface area (Å²) in [6, 6.07) is 14.1. The lowest BCUT2D eigenvalue weighted by Crippen LogP contribution is -2.39. The van der Waals surface area contributed by atoms with E-state index in [2.05, 4.69) is 34.6 Å². The number of hydrogen-bond donors (Lipinski definition) is 2. The van der Waals surface area contributed by atoms with E-state index in [9.17, 15) is 4.79 Å². The number of rotatable bonds is 4.